The summed E-state index contributed by atoms with van der Waals surface area (Å²) in [6, 6.07) is 6.42. The topological polar surface area (TPSA) is 92.0 Å². The molecule has 2 aromatic rings. The molecule has 2 unspecified atom stereocenters. The number of fused-ring (bicyclic) bond motifs is 3. The van der Waals surface area contributed by atoms with Gasteiger partial charge in [0.15, 0.2) is 12.2 Å². The Morgan fingerprint density at radius 3 is 2.48 bits per heavy atom. The third-order valence-electron chi connectivity index (χ3n) is 5.23. The maximum Gasteiger partial charge on any atom is 0.336 e. The zero-order chi connectivity index (χ0) is 22.9. The minimum Gasteiger partial charge on any atom is -0.483 e. The number of carbonyl (C=O) groups excluding carboxylic acids is 2. The average Bonchev–Trinajstić information content (AvgIpc) is 2.68. The summed E-state index contributed by atoms with van der Waals surface area (Å²) in [6.45, 7) is 10.7. The van der Waals surface area contributed by atoms with Crippen LogP contribution >= 0.6 is 0 Å². The largest absolute Gasteiger partial charge is 0.483 e. The Morgan fingerprint density at radius 2 is 1.84 bits per heavy atom. The van der Waals surface area contributed by atoms with E-state index in [4.69, 9.17) is 18.6 Å². The molecular formula is C24H28O7. The number of hydrogen-bond acceptors (Lipinski definition) is 7. The molecule has 1 aromatic carbocycles. The number of benzene rings is 1. The summed E-state index contributed by atoms with van der Waals surface area (Å²) in [4.78, 5) is 37.2. The number of hydrogen-bond donors (Lipinski definition) is 0. The molecule has 3 rings (SSSR count). The first-order valence-electron chi connectivity index (χ1n) is 10.3. The minimum atomic E-state index is -1.02. The van der Waals surface area contributed by atoms with Crippen LogP contribution in [0.1, 0.15) is 59.6 Å². The van der Waals surface area contributed by atoms with Crippen molar-refractivity contribution in [1.82, 2.24) is 0 Å². The lowest BCUT2D eigenvalue weighted by Crippen LogP contribution is -2.52. The van der Waals surface area contributed by atoms with Crippen molar-refractivity contribution in [2.24, 2.45) is 5.92 Å². The van der Waals surface area contributed by atoms with Crippen LogP contribution in [-0.4, -0.2) is 23.6 Å². The summed E-state index contributed by atoms with van der Waals surface area (Å²) in [7, 11) is 0. The number of esters is 2. The summed E-state index contributed by atoms with van der Waals surface area (Å²) in [5.41, 5.74) is -0.541. The predicted molar refractivity (Wildman–Crippen MR) is 115 cm³/mol. The van der Waals surface area contributed by atoms with Gasteiger partial charge in [-0.3, -0.25) is 4.79 Å². The highest BCUT2D eigenvalue weighted by Gasteiger charge is 2.50. The first-order chi connectivity index (χ1) is 14.5. The summed E-state index contributed by atoms with van der Waals surface area (Å²) in [5.74, 6) is -0.488. The monoisotopic (exact) mass is 428 g/mol. The van der Waals surface area contributed by atoms with E-state index in [1.165, 1.54) is 6.07 Å². The van der Waals surface area contributed by atoms with Crippen LogP contribution in [0.2, 0.25) is 0 Å². The highest BCUT2D eigenvalue weighted by molar-refractivity contribution is 5.89. The lowest BCUT2D eigenvalue weighted by molar-refractivity contribution is -0.189. The lowest BCUT2D eigenvalue weighted by atomic mass is 9.87. The van der Waals surface area contributed by atoms with Gasteiger partial charge in [-0.2, -0.15) is 0 Å². The molecular weight excluding hydrogens is 400 g/mol. The van der Waals surface area contributed by atoms with Crippen molar-refractivity contribution in [1.29, 1.82) is 0 Å². The smallest absolute Gasteiger partial charge is 0.336 e. The van der Waals surface area contributed by atoms with Gasteiger partial charge >= 0.3 is 17.6 Å². The van der Waals surface area contributed by atoms with Gasteiger partial charge in [0, 0.05) is 23.4 Å². The number of carbonyl (C=O) groups is 2. The van der Waals surface area contributed by atoms with Gasteiger partial charge in [0.25, 0.3) is 0 Å². The first kappa shape index (κ1) is 22.6. The maximum absolute atomic E-state index is 12.7. The molecule has 0 bridgehead atoms. The van der Waals surface area contributed by atoms with Crippen molar-refractivity contribution in [3.63, 3.8) is 0 Å². The number of rotatable bonds is 5. The van der Waals surface area contributed by atoms with Crippen molar-refractivity contribution in [2.75, 3.05) is 0 Å². The third kappa shape index (κ3) is 4.65. The molecule has 2 atom stereocenters. The highest BCUT2D eigenvalue weighted by Crippen LogP contribution is 2.46. The fraction of sp³-hybridized carbons (Fsp3) is 0.458. The molecule has 31 heavy (non-hydrogen) atoms. The van der Waals surface area contributed by atoms with E-state index in [2.05, 4.69) is 0 Å². The van der Waals surface area contributed by atoms with E-state index in [0.717, 1.165) is 0 Å². The molecule has 0 radical (unpaired) electrons. The molecule has 1 aliphatic heterocycles. The third-order valence-corrected chi connectivity index (χ3v) is 5.23. The van der Waals surface area contributed by atoms with Gasteiger partial charge < -0.3 is 18.6 Å². The molecule has 0 fully saturated rings. The molecule has 7 nitrogen and oxygen atoms in total. The molecule has 1 aromatic heterocycles. The van der Waals surface area contributed by atoms with Crippen LogP contribution in [-0.2, 0) is 19.1 Å². The SMILES string of the molecule is C/C=C(\C)C(=O)OC1c2c(ccc3ccc(=O)oc23)OC(C)(C)C1OC(=O)CC(C)C. The molecule has 0 aliphatic carbocycles. The van der Waals surface area contributed by atoms with Crippen LogP contribution in [0.15, 0.2) is 45.1 Å². The van der Waals surface area contributed by atoms with E-state index in [-0.39, 0.29) is 17.9 Å². The molecule has 7 heteroatoms. The van der Waals surface area contributed by atoms with Gasteiger partial charge in [0.05, 0.1) is 5.56 Å². The van der Waals surface area contributed by atoms with Gasteiger partial charge in [-0.25, -0.2) is 9.59 Å². The summed E-state index contributed by atoms with van der Waals surface area (Å²) in [5, 5.41) is 0.637. The normalized spacial score (nSPS) is 20.2. The van der Waals surface area contributed by atoms with E-state index in [1.807, 2.05) is 13.8 Å². The van der Waals surface area contributed by atoms with Gasteiger partial charge in [0.2, 0.25) is 0 Å². The van der Waals surface area contributed by atoms with Gasteiger partial charge in [-0.1, -0.05) is 19.9 Å². The Morgan fingerprint density at radius 1 is 1.16 bits per heavy atom. The average molecular weight is 428 g/mol. The van der Waals surface area contributed by atoms with E-state index in [0.29, 0.717) is 22.3 Å². The van der Waals surface area contributed by atoms with E-state index >= 15 is 0 Å². The lowest BCUT2D eigenvalue weighted by Gasteiger charge is -2.43. The fourth-order valence-corrected chi connectivity index (χ4v) is 3.53. The summed E-state index contributed by atoms with van der Waals surface area (Å²) >= 11 is 0. The highest BCUT2D eigenvalue weighted by atomic mass is 16.6. The molecule has 0 saturated heterocycles. The van der Waals surface area contributed by atoms with Gasteiger partial charge in [-0.05, 0) is 51.8 Å². The second-order valence-corrected chi connectivity index (χ2v) is 8.66. The van der Waals surface area contributed by atoms with Crippen LogP contribution < -0.4 is 10.4 Å². The summed E-state index contributed by atoms with van der Waals surface area (Å²) < 4.78 is 23.2. The standard InChI is InChI=1S/C24H28O7/c1-7-14(4)23(27)30-21-19-16(10-8-15-9-11-17(25)28-20(15)19)31-24(5,6)22(21)29-18(26)12-13(2)3/h7-11,13,21-22H,12H2,1-6H3/b14-7+. The van der Waals surface area contributed by atoms with Crippen molar-refractivity contribution in [3.8, 4) is 5.75 Å². The van der Waals surface area contributed by atoms with E-state index in [9.17, 15) is 14.4 Å². The number of ether oxygens (including phenoxy) is 3. The summed E-state index contributed by atoms with van der Waals surface area (Å²) in [6.07, 6.45) is -0.127. The van der Waals surface area contributed by atoms with Crippen molar-refractivity contribution in [3.05, 3.63) is 51.9 Å². The van der Waals surface area contributed by atoms with Crippen molar-refractivity contribution in [2.45, 2.75) is 65.8 Å². The second kappa shape index (κ2) is 8.57. The van der Waals surface area contributed by atoms with Crippen LogP contribution in [0, 0.1) is 5.92 Å². The Kier molecular flexibility index (Phi) is 6.25. The van der Waals surface area contributed by atoms with Gasteiger partial charge in [-0.15, -0.1) is 0 Å². The quantitative estimate of drug-likeness (QED) is 0.394. The Balaban J connectivity index is 2.18. The van der Waals surface area contributed by atoms with Gasteiger partial charge in [0.1, 0.15) is 16.9 Å². The number of allylic oxidation sites excluding steroid dienone is 1. The molecule has 2 heterocycles. The van der Waals surface area contributed by atoms with E-state index < -0.39 is 35.4 Å². The molecule has 166 valence electrons. The zero-order valence-electron chi connectivity index (χ0n) is 18.7. The molecule has 0 N–H and O–H groups in total. The predicted octanol–water partition coefficient (Wildman–Crippen LogP) is 4.47. The molecule has 1 aliphatic rings. The van der Waals surface area contributed by atoms with Crippen LogP contribution in [0.3, 0.4) is 0 Å². The van der Waals surface area contributed by atoms with Crippen molar-refractivity contribution < 1.29 is 28.2 Å². The van der Waals surface area contributed by atoms with Crippen LogP contribution in [0.25, 0.3) is 11.0 Å². The Bertz CT molecular complexity index is 1090. The first-order valence-corrected chi connectivity index (χ1v) is 10.3. The zero-order valence-corrected chi connectivity index (χ0v) is 18.7. The molecule has 0 saturated carbocycles. The molecule has 0 spiro atoms. The minimum absolute atomic E-state index is 0.0949. The van der Waals surface area contributed by atoms with Crippen LogP contribution in [0.4, 0.5) is 0 Å². The van der Waals surface area contributed by atoms with E-state index in [1.54, 1.807) is 52.0 Å². The van der Waals surface area contributed by atoms with Crippen LogP contribution in [0.5, 0.6) is 5.75 Å². The fourth-order valence-electron chi connectivity index (χ4n) is 3.53. The Labute approximate surface area is 181 Å². The maximum atomic E-state index is 12.7. The molecule has 0 amide bonds. The Hall–Kier alpha value is -3.09. The second-order valence-electron chi connectivity index (χ2n) is 8.66. The van der Waals surface area contributed by atoms with Crippen molar-refractivity contribution >= 4 is 22.9 Å².